The third kappa shape index (κ3) is 2.68. The molecule has 3 rings (SSSR count). The van der Waals surface area contributed by atoms with Crippen LogP contribution < -0.4 is 5.73 Å². The minimum Gasteiger partial charge on any atom is -0.386 e. The molecular weight excluding hydrogens is 312 g/mol. The third-order valence-corrected chi connectivity index (χ3v) is 4.11. The first-order valence-electron chi connectivity index (χ1n) is 7.60. The van der Waals surface area contributed by atoms with Crippen molar-refractivity contribution in [3.05, 3.63) is 53.2 Å². The quantitative estimate of drug-likeness (QED) is 0.775. The van der Waals surface area contributed by atoms with Crippen molar-refractivity contribution in [1.82, 2.24) is 9.78 Å². The Bertz CT molecular complexity index is 903. The Hall–Kier alpha value is -2.31. The summed E-state index contributed by atoms with van der Waals surface area (Å²) in [7, 11) is 1.76. The van der Waals surface area contributed by atoms with Gasteiger partial charge in [-0.15, -0.1) is 0 Å². The van der Waals surface area contributed by atoms with Crippen molar-refractivity contribution in [3.63, 3.8) is 0 Å². The number of nitrogens with zero attached hydrogens (tertiary/aromatic N) is 2. The van der Waals surface area contributed by atoms with Gasteiger partial charge in [0.15, 0.2) is 0 Å². The van der Waals surface area contributed by atoms with E-state index in [9.17, 15) is 13.9 Å². The standard InChI is InChI=1S/C18H19F2N3O/c1-18(2,24)14-5-4-11(13-9-23(3)22-17(13)14)10-6-15(19)12(8-21)16(20)7-10/h4-7,9,24H,8,21H2,1-3H3. The summed E-state index contributed by atoms with van der Waals surface area (Å²) < 4.78 is 29.8. The summed E-state index contributed by atoms with van der Waals surface area (Å²) in [5.41, 5.74) is 6.48. The van der Waals surface area contributed by atoms with Crippen molar-refractivity contribution in [1.29, 1.82) is 0 Å². The van der Waals surface area contributed by atoms with Crippen LogP contribution in [0, 0.1) is 11.6 Å². The summed E-state index contributed by atoms with van der Waals surface area (Å²) in [4.78, 5) is 0. The SMILES string of the molecule is Cn1cc2c(-c3cc(F)c(CN)c(F)c3)ccc(C(C)(C)O)c2n1. The van der Waals surface area contributed by atoms with Crippen molar-refractivity contribution in [2.75, 3.05) is 0 Å². The molecule has 1 aromatic heterocycles. The summed E-state index contributed by atoms with van der Waals surface area (Å²) >= 11 is 0. The van der Waals surface area contributed by atoms with E-state index in [2.05, 4.69) is 5.10 Å². The van der Waals surface area contributed by atoms with Crippen LogP contribution in [0.1, 0.15) is 25.0 Å². The molecule has 0 saturated carbocycles. The highest BCUT2D eigenvalue weighted by Crippen LogP contribution is 2.35. The molecule has 24 heavy (non-hydrogen) atoms. The van der Waals surface area contributed by atoms with Crippen LogP contribution in [-0.2, 0) is 19.2 Å². The zero-order valence-electron chi connectivity index (χ0n) is 13.8. The maximum atomic E-state index is 14.1. The van der Waals surface area contributed by atoms with Crippen LogP contribution in [0.15, 0.2) is 30.5 Å². The van der Waals surface area contributed by atoms with Crippen molar-refractivity contribution in [2.24, 2.45) is 12.8 Å². The lowest BCUT2D eigenvalue weighted by Crippen LogP contribution is -2.16. The van der Waals surface area contributed by atoms with E-state index < -0.39 is 17.2 Å². The predicted molar refractivity (Wildman–Crippen MR) is 89.2 cm³/mol. The van der Waals surface area contributed by atoms with Gasteiger partial charge in [-0.1, -0.05) is 12.1 Å². The second-order valence-electron chi connectivity index (χ2n) is 6.41. The van der Waals surface area contributed by atoms with Gasteiger partial charge in [0, 0.05) is 36.3 Å². The lowest BCUT2D eigenvalue weighted by Gasteiger charge is -2.19. The van der Waals surface area contributed by atoms with Crippen LogP contribution in [0.4, 0.5) is 8.78 Å². The van der Waals surface area contributed by atoms with E-state index in [4.69, 9.17) is 5.73 Å². The highest BCUT2D eigenvalue weighted by Gasteiger charge is 2.23. The molecule has 0 aliphatic carbocycles. The first-order chi connectivity index (χ1) is 11.2. The Morgan fingerprint density at radius 2 is 1.83 bits per heavy atom. The predicted octanol–water partition coefficient (Wildman–Crippen LogP) is 3.20. The number of aliphatic hydroxyl groups is 1. The van der Waals surface area contributed by atoms with Gasteiger partial charge in [0.25, 0.3) is 0 Å². The van der Waals surface area contributed by atoms with E-state index >= 15 is 0 Å². The van der Waals surface area contributed by atoms with Crippen molar-refractivity contribution < 1.29 is 13.9 Å². The molecule has 0 atom stereocenters. The van der Waals surface area contributed by atoms with Gasteiger partial charge in [-0.2, -0.15) is 5.10 Å². The Kier molecular flexibility index (Phi) is 3.89. The number of fused-ring (bicyclic) bond motifs is 1. The van der Waals surface area contributed by atoms with E-state index in [1.54, 1.807) is 43.9 Å². The second kappa shape index (κ2) is 5.65. The number of rotatable bonds is 3. The van der Waals surface area contributed by atoms with E-state index in [1.165, 1.54) is 12.1 Å². The van der Waals surface area contributed by atoms with Crippen molar-refractivity contribution in [2.45, 2.75) is 26.0 Å². The molecule has 2 aromatic carbocycles. The van der Waals surface area contributed by atoms with E-state index in [1.807, 2.05) is 0 Å². The number of hydrogen-bond acceptors (Lipinski definition) is 3. The van der Waals surface area contributed by atoms with Crippen LogP contribution in [-0.4, -0.2) is 14.9 Å². The van der Waals surface area contributed by atoms with E-state index in [0.717, 1.165) is 5.39 Å². The zero-order chi connectivity index (χ0) is 17.6. The maximum Gasteiger partial charge on any atom is 0.131 e. The number of aryl methyl sites for hydroxylation is 1. The first-order valence-corrected chi connectivity index (χ1v) is 7.60. The zero-order valence-corrected chi connectivity index (χ0v) is 13.8. The first kappa shape index (κ1) is 16.5. The highest BCUT2D eigenvalue weighted by atomic mass is 19.1. The molecule has 1 heterocycles. The number of aromatic nitrogens is 2. The van der Waals surface area contributed by atoms with E-state index in [0.29, 0.717) is 22.2 Å². The fraction of sp³-hybridized carbons (Fsp3) is 0.278. The van der Waals surface area contributed by atoms with Gasteiger partial charge < -0.3 is 10.8 Å². The summed E-state index contributed by atoms with van der Waals surface area (Å²) in [6.07, 6.45) is 1.77. The van der Waals surface area contributed by atoms with E-state index in [-0.39, 0.29) is 12.1 Å². The monoisotopic (exact) mass is 331 g/mol. The molecule has 126 valence electrons. The van der Waals surface area contributed by atoms with Gasteiger partial charge >= 0.3 is 0 Å². The van der Waals surface area contributed by atoms with Gasteiger partial charge in [0.2, 0.25) is 0 Å². The summed E-state index contributed by atoms with van der Waals surface area (Å²) in [6.45, 7) is 3.15. The second-order valence-corrected chi connectivity index (χ2v) is 6.41. The summed E-state index contributed by atoms with van der Waals surface area (Å²) in [6, 6.07) is 6.03. The molecule has 0 bridgehead atoms. The lowest BCUT2D eigenvalue weighted by atomic mass is 9.92. The Morgan fingerprint density at radius 3 is 2.38 bits per heavy atom. The summed E-state index contributed by atoms with van der Waals surface area (Å²) in [5.74, 6) is -1.34. The molecule has 0 unspecified atom stereocenters. The molecule has 0 aliphatic rings. The number of halogens is 2. The smallest absolute Gasteiger partial charge is 0.131 e. The number of benzene rings is 2. The largest absolute Gasteiger partial charge is 0.386 e. The van der Waals surface area contributed by atoms with Gasteiger partial charge in [-0.25, -0.2) is 8.78 Å². The van der Waals surface area contributed by atoms with Crippen molar-refractivity contribution >= 4 is 10.9 Å². The molecular formula is C18H19F2N3O. The number of hydrogen-bond donors (Lipinski definition) is 2. The molecule has 0 radical (unpaired) electrons. The lowest BCUT2D eigenvalue weighted by molar-refractivity contribution is 0.0800. The van der Waals surface area contributed by atoms with Crippen LogP contribution in [0.3, 0.4) is 0 Å². The molecule has 0 amide bonds. The minimum absolute atomic E-state index is 0.130. The molecule has 4 nitrogen and oxygen atoms in total. The molecule has 3 N–H and O–H groups in total. The van der Waals surface area contributed by atoms with Gasteiger partial charge in [0.05, 0.1) is 11.1 Å². The molecule has 0 aliphatic heterocycles. The molecule has 3 aromatic rings. The van der Waals surface area contributed by atoms with Crippen molar-refractivity contribution in [3.8, 4) is 11.1 Å². The van der Waals surface area contributed by atoms with Gasteiger partial charge in [-0.05, 0) is 37.1 Å². The molecule has 6 heteroatoms. The Morgan fingerprint density at radius 1 is 1.21 bits per heavy atom. The average Bonchev–Trinajstić information content (AvgIpc) is 2.85. The van der Waals surface area contributed by atoms with Crippen LogP contribution in [0.25, 0.3) is 22.0 Å². The average molecular weight is 331 g/mol. The van der Waals surface area contributed by atoms with Gasteiger partial charge in [-0.3, -0.25) is 4.68 Å². The maximum absolute atomic E-state index is 14.1. The van der Waals surface area contributed by atoms with Crippen LogP contribution >= 0.6 is 0 Å². The molecule has 0 saturated heterocycles. The fourth-order valence-electron chi connectivity index (χ4n) is 2.92. The third-order valence-electron chi connectivity index (χ3n) is 4.11. The fourth-order valence-corrected chi connectivity index (χ4v) is 2.92. The Balaban J connectivity index is 2.29. The summed E-state index contributed by atoms with van der Waals surface area (Å²) in [5, 5.41) is 15.4. The minimum atomic E-state index is -1.08. The van der Waals surface area contributed by atoms with Crippen LogP contribution in [0.2, 0.25) is 0 Å². The number of nitrogens with two attached hydrogens (primary N) is 1. The molecule has 0 spiro atoms. The Labute approximate surface area is 138 Å². The highest BCUT2D eigenvalue weighted by molar-refractivity contribution is 5.96. The van der Waals surface area contributed by atoms with Crippen LogP contribution in [0.5, 0.6) is 0 Å². The topological polar surface area (TPSA) is 64.1 Å². The normalized spacial score (nSPS) is 12.1. The van der Waals surface area contributed by atoms with Gasteiger partial charge in [0.1, 0.15) is 11.6 Å². The molecule has 0 fully saturated rings.